The highest BCUT2D eigenvalue weighted by Gasteiger charge is 2.25. The zero-order chi connectivity index (χ0) is 24.0. The molecule has 3 rings (SSSR count). The van der Waals surface area contributed by atoms with Gasteiger partial charge in [-0.25, -0.2) is 0 Å². The third-order valence-corrected chi connectivity index (χ3v) is 6.16. The summed E-state index contributed by atoms with van der Waals surface area (Å²) in [6.45, 7) is 4.42. The van der Waals surface area contributed by atoms with Crippen LogP contribution in [0.4, 0.5) is 5.69 Å². The second-order valence-electron chi connectivity index (χ2n) is 8.47. The van der Waals surface area contributed by atoms with Crippen molar-refractivity contribution in [1.29, 1.82) is 0 Å². The molecule has 1 saturated heterocycles. The fourth-order valence-corrected chi connectivity index (χ4v) is 4.09. The number of hydrogen-bond acceptors (Lipinski definition) is 7. The number of benzene rings is 2. The molecule has 2 aromatic rings. The number of nitrogens with one attached hydrogen (secondary N) is 1. The van der Waals surface area contributed by atoms with Gasteiger partial charge in [0.25, 0.3) is 5.91 Å². The molecule has 8 nitrogen and oxygen atoms in total. The quantitative estimate of drug-likeness (QED) is 0.622. The Morgan fingerprint density at radius 1 is 0.970 bits per heavy atom. The minimum absolute atomic E-state index is 0.0842. The molecule has 0 aliphatic carbocycles. The van der Waals surface area contributed by atoms with E-state index in [1.165, 1.54) is 5.56 Å². The smallest absolute Gasteiger partial charge is 0.251 e. The lowest BCUT2D eigenvalue weighted by Gasteiger charge is -2.38. The Hall–Kier alpha value is -2.97. The summed E-state index contributed by atoms with van der Waals surface area (Å²) < 4.78 is 16.2. The van der Waals surface area contributed by atoms with Crippen LogP contribution in [0.5, 0.6) is 17.2 Å². The summed E-state index contributed by atoms with van der Waals surface area (Å²) in [4.78, 5) is 20.0. The molecular weight excluding hydrogens is 420 g/mol. The van der Waals surface area contributed by atoms with Crippen LogP contribution in [0, 0.1) is 0 Å². The van der Waals surface area contributed by atoms with E-state index in [4.69, 9.17) is 14.2 Å². The molecule has 0 unspecified atom stereocenters. The zero-order valence-electron chi connectivity index (χ0n) is 20.6. The fraction of sp³-hybridized carbons (Fsp3) is 0.480. The number of methoxy groups -OCH3 is 3. The van der Waals surface area contributed by atoms with E-state index in [0.29, 0.717) is 29.4 Å². The Bertz CT molecular complexity index is 899. The molecule has 2 aromatic carbocycles. The Morgan fingerprint density at radius 2 is 1.55 bits per heavy atom. The van der Waals surface area contributed by atoms with Crippen LogP contribution in [-0.2, 0) is 0 Å². The minimum Gasteiger partial charge on any atom is -0.493 e. The Labute approximate surface area is 197 Å². The van der Waals surface area contributed by atoms with Crippen LogP contribution in [0.25, 0.3) is 0 Å². The summed E-state index contributed by atoms with van der Waals surface area (Å²) in [5.74, 6) is 1.19. The average molecular weight is 457 g/mol. The summed E-state index contributed by atoms with van der Waals surface area (Å²) in [6, 6.07) is 12.0. The first-order valence-corrected chi connectivity index (χ1v) is 11.2. The minimum atomic E-state index is -0.182. The van der Waals surface area contributed by atoms with Crippen molar-refractivity contribution in [3.05, 3.63) is 47.5 Å². The highest BCUT2D eigenvalue weighted by Crippen LogP contribution is 2.38. The van der Waals surface area contributed by atoms with Gasteiger partial charge in [0.2, 0.25) is 5.75 Å². The van der Waals surface area contributed by atoms with Crippen molar-refractivity contribution in [3.8, 4) is 17.2 Å². The third kappa shape index (κ3) is 5.89. The molecule has 180 valence electrons. The highest BCUT2D eigenvalue weighted by molar-refractivity contribution is 5.95. The molecule has 1 heterocycles. The van der Waals surface area contributed by atoms with Crippen LogP contribution in [0.1, 0.15) is 22.0 Å². The largest absolute Gasteiger partial charge is 0.493 e. The number of carbonyl (C=O) groups excluding carboxylic acids is 1. The molecule has 0 bridgehead atoms. The van der Waals surface area contributed by atoms with Crippen LogP contribution in [0.15, 0.2) is 36.4 Å². The number of carbonyl (C=O) groups is 1. The molecule has 1 fully saturated rings. The van der Waals surface area contributed by atoms with E-state index in [1.54, 1.807) is 33.5 Å². The standard InChI is InChI=1S/C25H36N4O4/c1-27(2)20-9-7-18(8-10-20)21(29-13-11-28(3)12-14-29)17-26-25(30)19-15-22(31-4)24(33-6)23(16-19)32-5/h7-10,15-16,21H,11-14,17H2,1-6H3,(H,26,30)/t21-/m1/s1. The molecule has 33 heavy (non-hydrogen) atoms. The van der Waals surface area contributed by atoms with Crippen molar-refractivity contribution in [3.63, 3.8) is 0 Å². The first-order valence-electron chi connectivity index (χ1n) is 11.2. The molecule has 1 N–H and O–H groups in total. The number of likely N-dealkylation sites (N-methyl/N-ethyl adjacent to an activating group) is 1. The SMILES string of the molecule is COc1cc(C(=O)NC[C@H](c2ccc(N(C)C)cc2)N2CCN(C)CC2)cc(OC)c1OC. The normalized spacial score (nSPS) is 15.6. The van der Waals surface area contributed by atoms with E-state index in [2.05, 4.69) is 51.3 Å². The lowest BCUT2D eigenvalue weighted by Crippen LogP contribution is -2.48. The third-order valence-electron chi connectivity index (χ3n) is 6.16. The molecule has 1 aliphatic rings. The number of anilines is 1. The van der Waals surface area contributed by atoms with Gasteiger partial charge in [-0.3, -0.25) is 9.69 Å². The summed E-state index contributed by atoms with van der Waals surface area (Å²) in [6.07, 6.45) is 0. The van der Waals surface area contributed by atoms with Gasteiger partial charge in [-0.2, -0.15) is 0 Å². The van der Waals surface area contributed by atoms with Crippen LogP contribution < -0.4 is 24.4 Å². The van der Waals surface area contributed by atoms with Crippen LogP contribution in [0.3, 0.4) is 0 Å². The zero-order valence-corrected chi connectivity index (χ0v) is 20.6. The molecule has 0 saturated carbocycles. The second kappa shape index (κ2) is 11.2. The van der Waals surface area contributed by atoms with E-state index in [9.17, 15) is 4.79 Å². The molecule has 8 heteroatoms. The topological polar surface area (TPSA) is 66.5 Å². The number of piperazine rings is 1. The van der Waals surface area contributed by atoms with Gasteiger partial charge in [0.05, 0.1) is 27.4 Å². The number of hydrogen-bond donors (Lipinski definition) is 1. The first-order chi connectivity index (χ1) is 15.9. The van der Waals surface area contributed by atoms with E-state index in [1.807, 2.05) is 14.1 Å². The number of rotatable bonds is 9. The predicted molar refractivity (Wildman–Crippen MR) is 131 cm³/mol. The lowest BCUT2D eigenvalue weighted by molar-refractivity contribution is 0.0885. The van der Waals surface area contributed by atoms with Crippen molar-refractivity contribution in [2.24, 2.45) is 0 Å². The number of amides is 1. The fourth-order valence-electron chi connectivity index (χ4n) is 4.09. The Morgan fingerprint density at radius 3 is 2.03 bits per heavy atom. The van der Waals surface area contributed by atoms with Crippen LogP contribution in [-0.4, -0.2) is 90.9 Å². The maximum atomic E-state index is 13.1. The van der Waals surface area contributed by atoms with Crippen molar-refractivity contribution >= 4 is 11.6 Å². The van der Waals surface area contributed by atoms with Crippen molar-refractivity contribution < 1.29 is 19.0 Å². The van der Waals surface area contributed by atoms with Gasteiger partial charge >= 0.3 is 0 Å². The maximum Gasteiger partial charge on any atom is 0.251 e. The van der Waals surface area contributed by atoms with Gasteiger partial charge in [0.1, 0.15) is 0 Å². The monoisotopic (exact) mass is 456 g/mol. The van der Waals surface area contributed by atoms with E-state index in [-0.39, 0.29) is 11.9 Å². The lowest BCUT2D eigenvalue weighted by atomic mass is 10.0. The van der Waals surface area contributed by atoms with Gasteiger partial charge < -0.3 is 29.3 Å². The summed E-state index contributed by atoms with van der Waals surface area (Å²) in [7, 11) is 10.8. The number of nitrogens with zero attached hydrogens (tertiary/aromatic N) is 3. The van der Waals surface area contributed by atoms with Gasteiger partial charge in [-0.05, 0) is 36.9 Å². The highest BCUT2D eigenvalue weighted by atomic mass is 16.5. The van der Waals surface area contributed by atoms with Gasteiger partial charge in [0, 0.05) is 58.1 Å². The summed E-state index contributed by atoms with van der Waals surface area (Å²) >= 11 is 0. The first kappa shape index (κ1) is 24.7. The molecule has 1 amide bonds. The average Bonchev–Trinajstić information content (AvgIpc) is 2.84. The molecule has 1 aliphatic heterocycles. The Balaban J connectivity index is 1.81. The van der Waals surface area contributed by atoms with Gasteiger partial charge in [-0.1, -0.05) is 12.1 Å². The summed E-state index contributed by atoms with van der Waals surface area (Å²) in [5.41, 5.74) is 2.80. The molecule has 0 radical (unpaired) electrons. The molecule has 1 atom stereocenters. The predicted octanol–water partition coefficient (Wildman–Crippen LogP) is 2.50. The Kier molecular flexibility index (Phi) is 8.41. The van der Waals surface area contributed by atoms with Gasteiger partial charge in [-0.15, -0.1) is 0 Å². The molecular formula is C25H36N4O4. The molecule has 0 aromatic heterocycles. The second-order valence-corrected chi connectivity index (χ2v) is 8.47. The van der Waals surface area contributed by atoms with E-state index >= 15 is 0 Å². The van der Waals surface area contributed by atoms with Crippen molar-refractivity contribution in [1.82, 2.24) is 15.1 Å². The van der Waals surface area contributed by atoms with Crippen LogP contribution >= 0.6 is 0 Å². The summed E-state index contributed by atoms with van der Waals surface area (Å²) in [5, 5.41) is 3.13. The van der Waals surface area contributed by atoms with Crippen molar-refractivity contribution in [2.45, 2.75) is 6.04 Å². The number of ether oxygens (including phenoxy) is 3. The van der Waals surface area contributed by atoms with E-state index in [0.717, 1.165) is 31.9 Å². The molecule has 0 spiro atoms. The van der Waals surface area contributed by atoms with Gasteiger partial charge in [0.15, 0.2) is 11.5 Å². The van der Waals surface area contributed by atoms with Crippen LogP contribution in [0.2, 0.25) is 0 Å². The van der Waals surface area contributed by atoms with Crippen molar-refractivity contribution in [2.75, 3.05) is 80.1 Å². The maximum absolute atomic E-state index is 13.1. The van der Waals surface area contributed by atoms with E-state index < -0.39 is 0 Å².